The van der Waals surface area contributed by atoms with E-state index in [9.17, 15) is 13.2 Å². The van der Waals surface area contributed by atoms with E-state index >= 15 is 0 Å². The summed E-state index contributed by atoms with van der Waals surface area (Å²) in [4.78, 5) is 12.8. The quantitative estimate of drug-likeness (QED) is 0.658. The largest absolute Gasteiger partial charge is 0.324 e. The van der Waals surface area contributed by atoms with Gasteiger partial charge in [0.15, 0.2) is 9.84 Å². The molecule has 1 aliphatic heterocycles. The van der Waals surface area contributed by atoms with Gasteiger partial charge in [0, 0.05) is 29.6 Å². The fourth-order valence-corrected chi connectivity index (χ4v) is 5.46. The minimum absolute atomic E-state index is 0.0575. The number of hydrogen-bond donors (Lipinski definition) is 1. The molecule has 3 heterocycles. The number of sulfone groups is 1. The topological polar surface area (TPSA) is 86.0 Å². The third-order valence-electron chi connectivity index (χ3n) is 5.53. The van der Waals surface area contributed by atoms with Crippen molar-refractivity contribution < 1.29 is 13.2 Å². The van der Waals surface area contributed by atoms with Crippen molar-refractivity contribution in [2.45, 2.75) is 45.1 Å². The van der Waals surface area contributed by atoms with Gasteiger partial charge in [-0.15, -0.1) is 0 Å². The Morgan fingerprint density at radius 1 is 1.16 bits per heavy atom. The number of hydrogen-bond acceptors (Lipinski definition) is 4. The normalized spacial score (nSPS) is 18.2. The molecule has 164 valence electrons. The van der Waals surface area contributed by atoms with Gasteiger partial charge >= 0.3 is 0 Å². The predicted octanol–water partition coefficient (Wildman–Crippen LogP) is 3.51. The van der Waals surface area contributed by atoms with Crippen molar-refractivity contribution in [2.24, 2.45) is 0 Å². The summed E-state index contributed by atoms with van der Waals surface area (Å²) in [5.41, 5.74) is 2.54. The molecule has 0 spiro atoms. The zero-order valence-corrected chi connectivity index (χ0v) is 18.9. The molecule has 1 aliphatic rings. The molecule has 0 aliphatic carbocycles. The molecule has 0 saturated carbocycles. The van der Waals surface area contributed by atoms with E-state index in [2.05, 4.69) is 10.4 Å². The van der Waals surface area contributed by atoms with Crippen LogP contribution in [0.3, 0.4) is 0 Å². The van der Waals surface area contributed by atoms with Gasteiger partial charge in [-0.05, 0) is 36.2 Å². The average molecular weight is 441 g/mol. The van der Waals surface area contributed by atoms with Crippen molar-refractivity contribution >= 4 is 21.6 Å². The molecule has 3 aromatic rings. The van der Waals surface area contributed by atoms with Crippen LogP contribution in [0.1, 0.15) is 44.5 Å². The molecule has 1 saturated heterocycles. The molecule has 1 N–H and O–H groups in total. The highest BCUT2D eigenvalue weighted by Crippen LogP contribution is 2.31. The van der Waals surface area contributed by atoms with Crippen molar-refractivity contribution in [3.05, 3.63) is 66.1 Å². The molecule has 31 heavy (non-hydrogen) atoms. The Bertz CT molecular complexity index is 1170. The van der Waals surface area contributed by atoms with Crippen LogP contribution in [-0.4, -0.2) is 40.2 Å². The molecular formula is C23H28N4O3S. The zero-order valence-electron chi connectivity index (χ0n) is 18.1. The van der Waals surface area contributed by atoms with E-state index < -0.39 is 9.84 Å². The molecule has 2 aromatic heterocycles. The Kier molecular flexibility index (Phi) is 5.51. The van der Waals surface area contributed by atoms with Gasteiger partial charge in [0.2, 0.25) is 5.91 Å². The second-order valence-corrected chi connectivity index (χ2v) is 11.4. The number of carbonyl (C=O) groups is 1. The Hall–Kier alpha value is -2.87. The van der Waals surface area contributed by atoms with Crippen molar-refractivity contribution in [3.8, 4) is 5.69 Å². The molecule has 0 radical (unpaired) electrons. The van der Waals surface area contributed by atoms with E-state index in [1.807, 2.05) is 80.2 Å². The van der Waals surface area contributed by atoms with Crippen LogP contribution >= 0.6 is 0 Å². The lowest BCUT2D eigenvalue weighted by atomic mass is 9.92. The summed E-state index contributed by atoms with van der Waals surface area (Å²) < 4.78 is 27.6. The molecule has 1 atom stereocenters. The fourth-order valence-electron chi connectivity index (χ4n) is 3.77. The van der Waals surface area contributed by atoms with Crippen LogP contribution in [-0.2, 0) is 26.5 Å². The first kappa shape index (κ1) is 21.4. The number of anilines is 1. The highest BCUT2D eigenvalue weighted by molar-refractivity contribution is 7.91. The van der Waals surface area contributed by atoms with Crippen LogP contribution in [0.2, 0.25) is 0 Å². The number of nitrogens with zero attached hydrogens (tertiary/aromatic N) is 3. The summed E-state index contributed by atoms with van der Waals surface area (Å²) in [5, 5.41) is 7.62. The lowest BCUT2D eigenvalue weighted by Gasteiger charge is -2.15. The Labute approximate surface area is 183 Å². The highest BCUT2D eigenvalue weighted by atomic mass is 32.2. The van der Waals surface area contributed by atoms with Gasteiger partial charge in [-0.1, -0.05) is 32.9 Å². The molecule has 1 aromatic carbocycles. The number of rotatable bonds is 5. The number of benzene rings is 1. The van der Waals surface area contributed by atoms with E-state index in [-0.39, 0.29) is 35.3 Å². The zero-order chi connectivity index (χ0) is 22.2. The summed E-state index contributed by atoms with van der Waals surface area (Å²) in [6.45, 7) is 6.13. The molecule has 1 unspecified atom stereocenters. The maximum absolute atomic E-state index is 12.8. The van der Waals surface area contributed by atoms with E-state index in [1.54, 1.807) is 4.68 Å². The molecular weight excluding hydrogens is 412 g/mol. The summed E-state index contributed by atoms with van der Waals surface area (Å²) in [6, 6.07) is 13.4. The average Bonchev–Trinajstić information content (AvgIpc) is 3.41. The van der Waals surface area contributed by atoms with Crippen molar-refractivity contribution in [2.75, 3.05) is 16.8 Å². The smallest absolute Gasteiger partial charge is 0.229 e. The van der Waals surface area contributed by atoms with Crippen LogP contribution in [0.15, 0.2) is 54.9 Å². The Morgan fingerprint density at radius 3 is 2.42 bits per heavy atom. The lowest BCUT2D eigenvalue weighted by molar-refractivity contribution is -0.115. The minimum atomic E-state index is -3.06. The third-order valence-corrected chi connectivity index (χ3v) is 7.28. The number of nitrogens with one attached hydrogen (secondary N) is 1. The molecule has 1 amide bonds. The predicted molar refractivity (Wildman–Crippen MR) is 121 cm³/mol. The van der Waals surface area contributed by atoms with Crippen LogP contribution < -0.4 is 5.32 Å². The van der Waals surface area contributed by atoms with Crippen LogP contribution in [0.4, 0.5) is 5.82 Å². The van der Waals surface area contributed by atoms with E-state index in [1.165, 1.54) is 0 Å². The second-order valence-electron chi connectivity index (χ2n) is 9.15. The number of amides is 1. The molecule has 4 rings (SSSR count). The molecule has 1 fully saturated rings. The summed E-state index contributed by atoms with van der Waals surface area (Å²) in [6.07, 6.45) is 4.68. The van der Waals surface area contributed by atoms with Crippen LogP contribution in [0, 0.1) is 0 Å². The monoisotopic (exact) mass is 440 g/mol. The van der Waals surface area contributed by atoms with E-state index in [0.717, 1.165) is 16.9 Å². The van der Waals surface area contributed by atoms with Crippen molar-refractivity contribution in [1.82, 2.24) is 14.3 Å². The van der Waals surface area contributed by atoms with Gasteiger partial charge in [-0.25, -0.2) is 13.1 Å². The second kappa shape index (κ2) is 8.00. The summed E-state index contributed by atoms with van der Waals surface area (Å²) in [7, 11) is -3.06. The van der Waals surface area contributed by atoms with Crippen molar-refractivity contribution in [1.29, 1.82) is 0 Å². The maximum Gasteiger partial charge on any atom is 0.229 e. The maximum atomic E-state index is 12.8. The fraction of sp³-hybridized carbons (Fsp3) is 0.391. The van der Waals surface area contributed by atoms with E-state index in [4.69, 9.17) is 0 Å². The molecule has 8 heteroatoms. The van der Waals surface area contributed by atoms with E-state index in [0.29, 0.717) is 12.2 Å². The van der Waals surface area contributed by atoms with Gasteiger partial charge in [-0.2, -0.15) is 5.10 Å². The first-order valence-corrected chi connectivity index (χ1v) is 12.3. The first-order chi connectivity index (χ1) is 14.6. The lowest BCUT2D eigenvalue weighted by Crippen LogP contribution is -2.21. The van der Waals surface area contributed by atoms with Crippen LogP contribution in [0.25, 0.3) is 5.69 Å². The summed E-state index contributed by atoms with van der Waals surface area (Å²) >= 11 is 0. The van der Waals surface area contributed by atoms with Gasteiger partial charge in [0.05, 0.1) is 29.7 Å². The molecule has 7 nitrogen and oxygen atoms in total. The molecule has 0 bridgehead atoms. The summed E-state index contributed by atoms with van der Waals surface area (Å²) in [5.74, 6) is 0.614. The first-order valence-electron chi connectivity index (χ1n) is 10.4. The van der Waals surface area contributed by atoms with Crippen molar-refractivity contribution in [3.63, 3.8) is 0 Å². The van der Waals surface area contributed by atoms with Crippen LogP contribution in [0.5, 0.6) is 0 Å². The third kappa shape index (κ3) is 4.90. The van der Waals surface area contributed by atoms with Gasteiger partial charge in [0.25, 0.3) is 0 Å². The number of aromatic nitrogens is 3. The standard InChI is InChI=1S/C23H28N4O3S/c1-23(2,3)20-15-21(27(25-20)19-10-13-31(29,30)16-19)24-22(28)14-17-6-8-18(9-7-17)26-11-4-5-12-26/h4-9,11-12,15,19H,10,13-14,16H2,1-3H3,(H,24,28). The van der Waals surface area contributed by atoms with Gasteiger partial charge in [-0.3, -0.25) is 4.79 Å². The number of carbonyl (C=O) groups excluding carboxylic acids is 1. The SMILES string of the molecule is CC(C)(C)c1cc(NC(=O)Cc2ccc(-n3cccc3)cc2)n(C2CCS(=O)(=O)C2)n1. The minimum Gasteiger partial charge on any atom is -0.324 e. The highest BCUT2D eigenvalue weighted by Gasteiger charge is 2.32. The van der Waals surface area contributed by atoms with Gasteiger partial charge in [0.1, 0.15) is 5.82 Å². The Balaban J connectivity index is 1.51. The van der Waals surface area contributed by atoms with Gasteiger partial charge < -0.3 is 9.88 Å². The Morgan fingerprint density at radius 2 is 1.84 bits per heavy atom.